The average molecular weight is 578 g/mol. The molecule has 3 amide bonds. The van der Waals surface area contributed by atoms with Crippen LogP contribution in [0.3, 0.4) is 0 Å². The van der Waals surface area contributed by atoms with E-state index in [-0.39, 0.29) is 25.2 Å². The largest absolute Gasteiger partial charge is 0.444 e. The summed E-state index contributed by atoms with van der Waals surface area (Å²) in [7, 11) is 0. The highest BCUT2D eigenvalue weighted by atomic mass is 16.6. The molecule has 3 rings (SSSR count). The second-order valence-corrected chi connectivity index (χ2v) is 11.9. The monoisotopic (exact) mass is 577 g/mol. The number of nitrogens with zero attached hydrogens (tertiary/aromatic N) is 1. The molecule has 11 nitrogen and oxygen atoms in total. The molecule has 0 radical (unpaired) electrons. The van der Waals surface area contributed by atoms with E-state index in [0.717, 1.165) is 16.5 Å². The molecule has 224 valence electrons. The minimum Gasteiger partial charge on any atom is -0.444 e. The van der Waals surface area contributed by atoms with Crippen LogP contribution in [0.4, 0.5) is 9.59 Å². The minimum absolute atomic E-state index is 0.0679. The summed E-state index contributed by atoms with van der Waals surface area (Å²) >= 11 is 0. The number of nitriles is 1. The van der Waals surface area contributed by atoms with Gasteiger partial charge in [-0.15, -0.1) is 0 Å². The van der Waals surface area contributed by atoms with Gasteiger partial charge >= 0.3 is 12.2 Å². The summed E-state index contributed by atoms with van der Waals surface area (Å²) in [5, 5.41) is 29.0. The minimum atomic E-state index is -1.14. The molecule has 5 N–H and O–H groups in total. The molecule has 0 aliphatic rings. The SMILES string of the molecule is CC(C)(C)OC(=O)NCCC(O)[C@H](CNC(=O)c1[nH]c2ccccc2c1-c1ccc(C#N)cc1)NC(=O)OC(C)(C)C. The van der Waals surface area contributed by atoms with Gasteiger partial charge < -0.3 is 35.5 Å². The number of fused-ring (bicyclic) bond motifs is 1. The Bertz CT molecular complexity index is 1440. The van der Waals surface area contributed by atoms with Crippen LogP contribution in [0.5, 0.6) is 0 Å². The number of rotatable bonds is 9. The number of aliphatic hydroxyl groups excluding tert-OH is 1. The molecule has 0 aliphatic carbocycles. The van der Waals surface area contributed by atoms with Gasteiger partial charge in [0.1, 0.15) is 16.9 Å². The molecule has 0 fully saturated rings. The fourth-order valence-corrected chi connectivity index (χ4v) is 4.19. The van der Waals surface area contributed by atoms with E-state index in [1.54, 1.807) is 65.8 Å². The first kappa shape index (κ1) is 32.0. The first-order chi connectivity index (χ1) is 19.7. The van der Waals surface area contributed by atoms with Gasteiger partial charge in [0.2, 0.25) is 0 Å². The normalized spacial score (nSPS) is 13.0. The lowest BCUT2D eigenvalue weighted by atomic mass is 10.00. The van der Waals surface area contributed by atoms with Crippen molar-refractivity contribution in [2.45, 2.75) is 71.3 Å². The summed E-state index contributed by atoms with van der Waals surface area (Å²) < 4.78 is 10.6. The van der Waals surface area contributed by atoms with Gasteiger partial charge in [0.25, 0.3) is 5.91 Å². The standard InChI is InChI=1S/C31H39N5O6/c1-30(2,3)41-28(39)33-16-15-24(37)23(36-29(40)42-31(4,5)6)18-34-27(38)26-25(20-13-11-19(17-32)12-14-20)21-9-7-8-10-22(21)35-26/h7-14,23-24,35,37H,15-16,18H2,1-6H3,(H,33,39)(H,34,38)(H,36,40)/t23-,24?/m0/s1. The smallest absolute Gasteiger partial charge is 0.408 e. The molecule has 0 saturated carbocycles. The van der Waals surface area contributed by atoms with Gasteiger partial charge in [-0.3, -0.25) is 4.79 Å². The number of H-pyrrole nitrogens is 1. The second-order valence-electron chi connectivity index (χ2n) is 11.9. The van der Waals surface area contributed by atoms with E-state index in [4.69, 9.17) is 9.47 Å². The molecule has 11 heteroatoms. The second kappa shape index (κ2) is 13.4. The zero-order valence-corrected chi connectivity index (χ0v) is 24.8. The summed E-state index contributed by atoms with van der Waals surface area (Å²) in [5.41, 5.74) is 1.49. The molecular weight excluding hydrogens is 538 g/mol. The number of nitrogens with one attached hydrogen (secondary N) is 4. The maximum atomic E-state index is 13.5. The fraction of sp³-hybridized carbons (Fsp3) is 0.419. The topological polar surface area (TPSA) is 166 Å². The van der Waals surface area contributed by atoms with Crippen LogP contribution in [0.2, 0.25) is 0 Å². The Morgan fingerprint density at radius 2 is 1.55 bits per heavy atom. The molecule has 1 unspecified atom stereocenters. The fourth-order valence-electron chi connectivity index (χ4n) is 4.19. The Morgan fingerprint density at radius 1 is 0.929 bits per heavy atom. The van der Waals surface area contributed by atoms with Crippen LogP contribution in [-0.2, 0) is 9.47 Å². The third kappa shape index (κ3) is 9.24. The van der Waals surface area contributed by atoms with Crippen molar-refractivity contribution >= 4 is 29.0 Å². The van der Waals surface area contributed by atoms with Crippen LogP contribution in [0.25, 0.3) is 22.0 Å². The van der Waals surface area contributed by atoms with Gasteiger partial charge in [-0.1, -0.05) is 30.3 Å². The number of aromatic nitrogens is 1. The third-order valence-corrected chi connectivity index (χ3v) is 5.99. The lowest BCUT2D eigenvalue weighted by Crippen LogP contribution is -2.52. The lowest BCUT2D eigenvalue weighted by molar-refractivity contribution is 0.0393. The number of alkyl carbamates (subject to hydrolysis) is 2. The number of para-hydroxylation sites is 1. The van der Waals surface area contributed by atoms with E-state index in [9.17, 15) is 24.8 Å². The van der Waals surface area contributed by atoms with Crippen molar-refractivity contribution in [2.24, 2.45) is 0 Å². The van der Waals surface area contributed by atoms with Gasteiger partial charge in [0.05, 0.1) is 23.8 Å². The Hall–Kier alpha value is -4.56. The van der Waals surface area contributed by atoms with E-state index in [1.807, 2.05) is 24.3 Å². The lowest BCUT2D eigenvalue weighted by Gasteiger charge is -2.27. The average Bonchev–Trinajstić information content (AvgIpc) is 3.28. The molecule has 0 saturated heterocycles. The molecule has 3 aromatic rings. The summed E-state index contributed by atoms with van der Waals surface area (Å²) in [6.07, 6.45) is -2.47. The maximum Gasteiger partial charge on any atom is 0.408 e. The molecule has 2 atom stereocenters. The highest BCUT2D eigenvalue weighted by Crippen LogP contribution is 2.32. The number of carbonyl (C=O) groups excluding carboxylic acids is 3. The molecule has 1 aromatic heterocycles. The highest BCUT2D eigenvalue weighted by Gasteiger charge is 2.27. The number of benzene rings is 2. The van der Waals surface area contributed by atoms with Crippen LogP contribution in [0, 0.1) is 11.3 Å². The number of ether oxygens (including phenoxy) is 2. The molecule has 1 heterocycles. The Kier molecular flexibility index (Phi) is 10.2. The summed E-state index contributed by atoms with van der Waals surface area (Å²) in [4.78, 5) is 41.2. The van der Waals surface area contributed by atoms with Crippen LogP contribution >= 0.6 is 0 Å². The molecular formula is C31H39N5O6. The molecule has 0 aliphatic heterocycles. The van der Waals surface area contributed by atoms with Crippen LogP contribution in [0.1, 0.15) is 64.0 Å². The zero-order valence-electron chi connectivity index (χ0n) is 24.8. The molecule has 0 bridgehead atoms. The van der Waals surface area contributed by atoms with Crippen LogP contribution in [-0.4, -0.2) is 64.6 Å². The van der Waals surface area contributed by atoms with Crippen molar-refractivity contribution in [3.63, 3.8) is 0 Å². The molecule has 42 heavy (non-hydrogen) atoms. The van der Waals surface area contributed by atoms with Gasteiger partial charge in [-0.2, -0.15) is 5.26 Å². The zero-order chi connectivity index (χ0) is 31.1. The van der Waals surface area contributed by atoms with Crippen molar-refractivity contribution in [1.82, 2.24) is 20.9 Å². The Morgan fingerprint density at radius 3 is 2.17 bits per heavy atom. The van der Waals surface area contributed by atoms with Crippen LogP contribution in [0.15, 0.2) is 48.5 Å². The quantitative estimate of drug-likeness (QED) is 0.248. The number of aromatic amines is 1. The predicted octanol–water partition coefficient (Wildman–Crippen LogP) is 4.61. The first-order valence-corrected chi connectivity index (χ1v) is 13.7. The maximum absolute atomic E-state index is 13.5. The summed E-state index contributed by atoms with van der Waals surface area (Å²) in [5.74, 6) is -0.458. The predicted molar refractivity (Wildman–Crippen MR) is 159 cm³/mol. The Labute approximate surface area is 245 Å². The van der Waals surface area contributed by atoms with Crippen molar-refractivity contribution in [3.05, 3.63) is 59.8 Å². The van der Waals surface area contributed by atoms with E-state index in [2.05, 4.69) is 27.0 Å². The molecule has 2 aromatic carbocycles. The van der Waals surface area contributed by atoms with E-state index in [1.165, 1.54) is 0 Å². The van der Waals surface area contributed by atoms with Gasteiger partial charge in [-0.05, 0) is 71.7 Å². The highest BCUT2D eigenvalue weighted by molar-refractivity contribution is 6.09. The number of hydrogen-bond donors (Lipinski definition) is 5. The summed E-state index contributed by atoms with van der Waals surface area (Å²) in [6.45, 7) is 10.3. The number of carbonyl (C=O) groups is 3. The number of amides is 3. The van der Waals surface area contributed by atoms with E-state index in [0.29, 0.717) is 11.1 Å². The van der Waals surface area contributed by atoms with Crippen molar-refractivity contribution < 1.29 is 29.0 Å². The van der Waals surface area contributed by atoms with Crippen molar-refractivity contribution in [2.75, 3.05) is 13.1 Å². The van der Waals surface area contributed by atoms with Crippen molar-refractivity contribution in [1.29, 1.82) is 5.26 Å². The van der Waals surface area contributed by atoms with E-state index >= 15 is 0 Å². The number of aliphatic hydroxyl groups is 1. The van der Waals surface area contributed by atoms with Crippen LogP contribution < -0.4 is 16.0 Å². The van der Waals surface area contributed by atoms with Gasteiger partial charge in [0.15, 0.2) is 0 Å². The van der Waals surface area contributed by atoms with Gasteiger partial charge in [0, 0.05) is 29.6 Å². The summed E-state index contributed by atoms with van der Waals surface area (Å²) in [6, 6.07) is 15.5. The van der Waals surface area contributed by atoms with Crippen molar-refractivity contribution in [3.8, 4) is 17.2 Å². The van der Waals surface area contributed by atoms with E-state index < -0.39 is 41.4 Å². The van der Waals surface area contributed by atoms with Gasteiger partial charge in [-0.25, -0.2) is 9.59 Å². The third-order valence-electron chi connectivity index (χ3n) is 5.99. The molecule has 0 spiro atoms. The first-order valence-electron chi connectivity index (χ1n) is 13.7. The number of hydrogen-bond acceptors (Lipinski definition) is 7. The Balaban J connectivity index is 1.78.